The van der Waals surface area contributed by atoms with Gasteiger partial charge in [-0.3, -0.25) is 4.79 Å². The summed E-state index contributed by atoms with van der Waals surface area (Å²) in [5.41, 5.74) is -0.362. The first-order valence-corrected chi connectivity index (χ1v) is 9.64. The first kappa shape index (κ1) is 20.4. The SMILES string of the molecule is CCOc1ccc(NC(=O)C(O)(c2ccccc2)c2ccccc2)cc1OCC. The monoisotopic (exact) mass is 391 g/mol. The van der Waals surface area contributed by atoms with Crippen LogP contribution in [0, 0.1) is 0 Å². The van der Waals surface area contributed by atoms with E-state index >= 15 is 0 Å². The molecule has 5 nitrogen and oxygen atoms in total. The van der Waals surface area contributed by atoms with Crippen LogP contribution in [0.3, 0.4) is 0 Å². The number of hydrogen-bond acceptors (Lipinski definition) is 4. The molecule has 0 heterocycles. The summed E-state index contributed by atoms with van der Waals surface area (Å²) < 4.78 is 11.2. The topological polar surface area (TPSA) is 67.8 Å². The Bertz CT molecular complexity index is 902. The zero-order chi connectivity index (χ0) is 20.7. The lowest BCUT2D eigenvalue weighted by Crippen LogP contribution is -2.41. The van der Waals surface area contributed by atoms with Gasteiger partial charge in [-0.2, -0.15) is 0 Å². The van der Waals surface area contributed by atoms with Crippen molar-refractivity contribution >= 4 is 11.6 Å². The van der Waals surface area contributed by atoms with E-state index in [1.54, 1.807) is 66.7 Å². The molecule has 1 amide bonds. The molecule has 0 aliphatic carbocycles. The van der Waals surface area contributed by atoms with Gasteiger partial charge in [0.2, 0.25) is 0 Å². The summed E-state index contributed by atoms with van der Waals surface area (Å²) in [6.07, 6.45) is 0. The molecule has 2 N–H and O–H groups in total. The molecule has 150 valence electrons. The summed E-state index contributed by atoms with van der Waals surface area (Å²) >= 11 is 0. The zero-order valence-corrected chi connectivity index (χ0v) is 16.6. The Hall–Kier alpha value is -3.31. The molecular formula is C24H25NO4. The van der Waals surface area contributed by atoms with E-state index in [0.29, 0.717) is 41.5 Å². The van der Waals surface area contributed by atoms with Gasteiger partial charge < -0.3 is 19.9 Å². The molecule has 0 aliphatic rings. The number of anilines is 1. The standard InChI is InChI=1S/C24H25NO4/c1-3-28-21-16-15-20(17-22(21)29-4-2)25-23(26)24(27,18-11-7-5-8-12-18)19-13-9-6-10-14-19/h5-17,27H,3-4H2,1-2H3,(H,25,26). The predicted molar refractivity (Wildman–Crippen MR) is 113 cm³/mol. The highest BCUT2D eigenvalue weighted by atomic mass is 16.5. The molecule has 0 aliphatic heterocycles. The fourth-order valence-electron chi connectivity index (χ4n) is 3.14. The normalized spacial score (nSPS) is 11.0. The van der Waals surface area contributed by atoms with Crippen molar-refractivity contribution in [3.05, 3.63) is 90.0 Å². The third-order valence-electron chi connectivity index (χ3n) is 4.51. The Morgan fingerprint density at radius 1 is 0.828 bits per heavy atom. The minimum atomic E-state index is -1.84. The van der Waals surface area contributed by atoms with Gasteiger partial charge in [-0.25, -0.2) is 0 Å². The van der Waals surface area contributed by atoms with Gasteiger partial charge in [0.1, 0.15) is 0 Å². The highest BCUT2D eigenvalue weighted by molar-refractivity contribution is 6.00. The van der Waals surface area contributed by atoms with Gasteiger partial charge >= 0.3 is 0 Å². The molecule has 3 rings (SSSR count). The number of rotatable bonds is 8. The second-order valence-electron chi connectivity index (χ2n) is 6.42. The van der Waals surface area contributed by atoms with E-state index in [-0.39, 0.29) is 0 Å². The van der Waals surface area contributed by atoms with E-state index in [4.69, 9.17) is 9.47 Å². The second kappa shape index (κ2) is 9.26. The largest absolute Gasteiger partial charge is 0.490 e. The molecule has 0 bridgehead atoms. The number of amides is 1. The van der Waals surface area contributed by atoms with Crippen molar-refractivity contribution in [3.63, 3.8) is 0 Å². The molecule has 5 heteroatoms. The van der Waals surface area contributed by atoms with Crippen molar-refractivity contribution in [2.24, 2.45) is 0 Å². The highest BCUT2D eigenvalue weighted by Gasteiger charge is 2.40. The van der Waals surface area contributed by atoms with Crippen LogP contribution in [0.15, 0.2) is 78.9 Å². The molecule has 3 aromatic carbocycles. The van der Waals surface area contributed by atoms with Crippen LogP contribution in [0.2, 0.25) is 0 Å². The summed E-state index contributed by atoms with van der Waals surface area (Å²) in [4.78, 5) is 13.3. The minimum absolute atomic E-state index is 0.468. The van der Waals surface area contributed by atoms with Gasteiger partial charge in [-0.1, -0.05) is 60.7 Å². The molecule has 0 saturated heterocycles. The molecule has 3 aromatic rings. The maximum atomic E-state index is 13.3. The van der Waals surface area contributed by atoms with Crippen molar-refractivity contribution in [2.75, 3.05) is 18.5 Å². The van der Waals surface area contributed by atoms with Crippen LogP contribution in [-0.2, 0) is 10.4 Å². The average molecular weight is 391 g/mol. The summed E-state index contributed by atoms with van der Waals surface area (Å²) in [5, 5.41) is 14.4. The lowest BCUT2D eigenvalue weighted by atomic mass is 9.85. The van der Waals surface area contributed by atoms with Crippen molar-refractivity contribution in [1.29, 1.82) is 0 Å². The van der Waals surface area contributed by atoms with Crippen LogP contribution in [-0.4, -0.2) is 24.2 Å². The van der Waals surface area contributed by atoms with Crippen LogP contribution >= 0.6 is 0 Å². The smallest absolute Gasteiger partial charge is 0.265 e. The Morgan fingerprint density at radius 2 is 1.34 bits per heavy atom. The second-order valence-corrected chi connectivity index (χ2v) is 6.42. The third-order valence-corrected chi connectivity index (χ3v) is 4.51. The van der Waals surface area contributed by atoms with Gasteiger partial charge in [0.15, 0.2) is 17.1 Å². The minimum Gasteiger partial charge on any atom is -0.490 e. The van der Waals surface area contributed by atoms with Crippen LogP contribution in [0.25, 0.3) is 0 Å². The summed E-state index contributed by atoms with van der Waals surface area (Å²) in [6.45, 7) is 4.75. The summed E-state index contributed by atoms with van der Waals surface area (Å²) in [5.74, 6) is 0.588. The van der Waals surface area contributed by atoms with E-state index in [1.807, 2.05) is 26.0 Å². The highest BCUT2D eigenvalue weighted by Crippen LogP contribution is 2.34. The number of benzene rings is 3. The molecular weight excluding hydrogens is 366 g/mol. The van der Waals surface area contributed by atoms with Gasteiger partial charge in [0.25, 0.3) is 5.91 Å². The quantitative estimate of drug-likeness (QED) is 0.599. The molecule has 0 aromatic heterocycles. The lowest BCUT2D eigenvalue weighted by Gasteiger charge is -2.28. The first-order chi connectivity index (χ1) is 14.1. The van der Waals surface area contributed by atoms with E-state index in [0.717, 1.165) is 0 Å². The molecule has 0 fully saturated rings. The van der Waals surface area contributed by atoms with Gasteiger partial charge in [0, 0.05) is 11.8 Å². The van der Waals surface area contributed by atoms with Crippen LogP contribution in [0.4, 0.5) is 5.69 Å². The van der Waals surface area contributed by atoms with Crippen molar-refractivity contribution in [2.45, 2.75) is 19.4 Å². The van der Waals surface area contributed by atoms with Crippen molar-refractivity contribution < 1.29 is 19.4 Å². The Labute approximate surface area is 170 Å². The Kier molecular flexibility index (Phi) is 6.52. The predicted octanol–water partition coefficient (Wildman–Crippen LogP) is 4.36. The maximum Gasteiger partial charge on any atom is 0.265 e. The third kappa shape index (κ3) is 4.41. The molecule has 29 heavy (non-hydrogen) atoms. The fraction of sp³-hybridized carbons (Fsp3) is 0.208. The van der Waals surface area contributed by atoms with Gasteiger partial charge in [-0.05, 0) is 37.1 Å². The van der Waals surface area contributed by atoms with Crippen molar-refractivity contribution in [3.8, 4) is 11.5 Å². The number of nitrogens with one attached hydrogen (secondary N) is 1. The number of ether oxygens (including phenoxy) is 2. The van der Waals surface area contributed by atoms with Crippen LogP contribution in [0.1, 0.15) is 25.0 Å². The van der Waals surface area contributed by atoms with Gasteiger partial charge in [-0.15, -0.1) is 0 Å². The maximum absolute atomic E-state index is 13.3. The van der Waals surface area contributed by atoms with E-state index in [2.05, 4.69) is 5.32 Å². The van der Waals surface area contributed by atoms with Crippen molar-refractivity contribution in [1.82, 2.24) is 0 Å². The van der Waals surface area contributed by atoms with E-state index in [1.165, 1.54) is 0 Å². The first-order valence-electron chi connectivity index (χ1n) is 9.64. The van der Waals surface area contributed by atoms with E-state index in [9.17, 15) is 9.90 Å². The van der Waals surface area contributed by atoms with Crippen LogP contribution in [0.5, 0.6) is 11.5 Å². The molecule has 0 saturated carbocycles. The van der Waals surface area contributed by atoms with Crippen LogP contribution < -0.4 is 14.8 Å². The molecule has 0 unspecified atom stereocenters. The summed E-state index contributed by atoms with van der Waals surface area (Å²) in [6, 6.07) is 22.9. The molecule has 0 radical (unpaired) electrons. The van der Waals surface area contributed by atoms with E-state index < -0.39 is 11.5 Å². The van der Waals surface area contributed by atoms with Gasteiger partial charge in [0.05, 0.1) is 13.2 Å². The number of carbonyl (C=O) groups excluding carboxylic acids is 1. The molecule has 0 atom stereocenters. The number of carbonyl (C=O) groups is 1. The zero-order valence-electron chi connectivity index (χ0n) is 16.6. The number of aliphatic hydroxyl groups is 1. The fourth-order valence-corrected chi connectivity index (χ4v) is 3.14. The average Bonchev–Trinajstić information content (AvgIpc) is 2.76. The number of hydrogen-bond donors (Lipinski definition) is 2. The Morgan fingerprint density at radius 3 is 1.86 bits per heavy atom. The summed E-state index contributed by atoms with van der Waals surface area (Å²) in [7, 11) is 0. The Balaban J connectivity index is 1.97. The molecule has 0 spiro atoms. The lowest BCUT2D eigenvalue weighted by molar-refractivity contribution is -0.131.